The molecule has 1 unspecified atom stereocenters. The third-order valence-corrected chi connectivity index (χ3v) is 3.24. The van der Waals surface area contributed by atoms with Crippen LogP contribution >= 0.6 is 0 Å². The second-order valence-electron chi connectivity index (χ2n) is 4.47. The van der Waals surface area contributed by atoms with E-state index in [1.165, 1.54) is 24.5 Å². The molecule has 0 amide bonds. The second kappa shape index (κ2) is 3.17. The van der Waals surface area contributed by atoms with E-state index in [0.717, 1.165) is 18.3 Å². The maximum Gasteiger partial charge on any atom is 0.108 e. The summed E-state index contributed by atoms with van der Waals surface area (Å²) in [6.07, 6.45) is 4.48. The molecule has 0 aliphatic carbocycles. The van der Waals surface area contributed by atoms with E-state index in [-0.39, 0.29) is 0 Å². The maximum atomic E-state index is 4.41. The van der Waals surface area contributed by atoms with Gasteiger partial charge in [0.05, 0.1) is 0 Å². The molecule has 0 radical (unpaired) electrons. The van der Waals surface area contributed by atoms with E-state index in [1.54, 1.807) is 0 Å². The molecule has 1 aliphatic heterocycles. The Kier molecular flexibility index (Phi) is 2.14. The Labute approximate surface area is 80.0 Å². The molecular formula is C11H18N2. The molecule has 0 N–H and O–H groups in total. The van der Waals surface area contributed by atoms with E-state index in [2.05, 4.69) is 30.3 Å². The van der Waals surface area contributed by atoms with Crippen molar-refractivity contribution in [2.45, 2.75) is 40.2 Å². The van der Waals surface area contributed by atoms with E-state index >= 15 is 0 Å². The predicted octanol–water partition coefficient (Wildman–Crippen LogP) is 2.41. The van der Waals surface area contributed by atoms with E-state index in [0.29, 0.717) is 0 Å². The van der Waals surface area contributed by atoms with Crippen molar-refractivity contribution >= 4 is 0 Å². The van der Waals surface area contributed by atoms with Gasteiger partial charge in [0.25, 0.3) is 0 Å². The molecule has 2 rings (SSSR count). The Bertz CT molecular complexity index is 299. The molecule has 1 aliphatic rings. The maximum absolute atomic E-state index is 4.41. The fourth-order valence-electron chi connectivity index (χ4n) is 2.14. The van der Waals surface area contributed by atoms with Crippen molar-refractivity contribution < 1.29 is 0 Å². The van der Waals surface area contributed by atoms with E-state index in [1.807, 2.05) is 6.20 Å². The number of nitrogens with zero attached hydrogens (tertiary/aromatic N) is 2. The molecule has 0 bridgehead atoms. The SMILES string of the molecule is Cc1cnc2n1CC(C(C)C)CC2. The molecule has 13 heavy (non-hydrogen) atoms. The lowest BCUT2D eigenvalue weighted by molar-refractivity contribution is 0.280. The zero-order valence-corrected chi connectivity index (χ0v) is 8.75. The average molecular weight is 178 g/mol. The number of rotatable bonds is 1. The Balaban J connectivity index is 2.22. The van der Waals surface area contributed by atoms with Crippen LogP contribution in [0.15, 0.2) is 6.20 Å². The van der Waals surface area contributed by atoms with Crippen LogP contribution in [0.1, 0.15) is 31.8 Å². The molecule has 72 valence electrons. The van der Waals surface area contributed by atoms with Crippen LogP contribution in [-0.4, -0.2) is 9.55 Å². The van der Waals surface area contributed by atoms with Crippen molar-refractivity contribution in [3.8, 4) is 0 Å². The number of hydrogen-bond acceptors (Lipinski definition) is 1. The summed E-state index contributed by atoms with van der Waals surface area (Å²) in [5, 5.41) is 0. The topological polar surface area (TPSA) is 17.8 Å². The summed E-state index contributed by atoms with van der Waals surface area (Å²) in [5.41, 5.74) is 1.32. The van der Waals surface area contributed by atoms with Crippen molar-refractivity contribution in [1.82, 2.24) is 9.55 Å². The quantitative estimate of drug-likeness (QED) is 0.645. The van der Waals surface area contributed by atoms with Gasteiger partial charge in [-0.2, -0.15) is 0 Å². The van der Waals surface area contributed by atoms with Gasteiger partial charge in [0.1, 0.15) is 5.82 Å². The van der Waals surface area contributed by atoms with Crippen LogP contribution in [0, 0.1) is 18.8 Å². The zero-order valence-electron chi connectivity index (χ0n) is 8.75. The third kappa shape index (κ3) is 1.50. The van der Waals surface area contributed by atoms with Gasteiger partial charge in [-0.3, -0.25) is 0 Å². The lowest BCUT2D eigenvalue weighted by Gasteiger charge is -2.27. The summed E-state index contributed by atoms with van der Waals surface area (Å²) in [4.78, 5) is 4.41. The highest BCUT2D eigenvalue weighted by atomic mass is 15.1. The largest absolute Gasteiger partial charge is 0.332 e. The average Bonchev–Trinajstić information content (AvgIpc) is 2.47. The van der Waals surface area contributed by atoms with Gasteiger partial charge in [-0.1, -0.05) is 13.8 Å². The van der Waals surface area contributed by atoms with Crippen LogP contribution in [-0.2, 0) is 13.0 Å². The first-order chi connectivity index (χ1) is 6.18. The van der Waals surface area contributed by atoms with Gasteiger partial charge >= 0.3 is 0 Å². The molecular weight excluding hydrogens is 160 g/mol. The number of fused-ring (bicyclic) bond motifs is 1. The van der Waals surface area contributed by atoms with Gasteiger partial charge in [-0.15, -0.1) is 0 Å². The first-order valence-corrected chi connectivity index (χ1v) is 5.19. The first-order valence-electron chi connectivity index (χ1n) is 5.19. The van der Waals surface area contributed by atoms with Crippen molar-refractivity contribution in [2.24, 2.45) is 11.8 Å². The fraction of sp³-hybridized carbons (Fsp3) is 0.727. The Morgan fingerprint density at radius 3 is 3.00 bits per heavy atom. The van der Waals surface area contributed by atoms with Crippen molar-refractivity contribution in [2.75, 3.05) is 0 Å². The number of aryl methyl sites for hydroxylation is 2. The van der Waals surface area contributed by atoms with E-state index < -0.39 is 0 Å². The summed E-state index contributed by atoms with van der Waals surface area (Å²) in [7, 11) is 0. The molecule has 2 heteroatoms. The van der Waals surface area contributed by atoms with Gasteiger partial charge in [-0.05, 0) is 25.2 Å². The highest BCUT2D eigenvalue weighted by molar-refractivity contribution is 5.06. The van der Waals surface area contributed by atoms with Crippen LogP contribution in [0.4, 0.5) is 0 Å². The van der Waals surface area contributed by atoms with Gasteiger partial charge in [0, 0.05) is 24.9 Å². The minimum absolute atomic E-state index is 0.801. The predicted molar refractivity (Wildman–Crippen MR) is 53.6 cm³/mol. The standard InChI is InChI=1S/C11H18N2/c1-8(2)10-4-5-11-12-6-9(3)13(11)7-10/h6,8,10H,4-5,7H2,1-3H3. The summed E-state index contributed by atoms with van der Waals surface area (Å²) >= 11 is 0. The van der Waals surface area contributed by atoms with Gasteiger partial charge in [-0.25, -0.2) is 4.98 Å². The Morgan fingerprint density at radius 2 is 2.31 bits per heavy atom. The zero-order chi connectivity index (χ0) is 9.42. The molecule has 0 fully saturated rings. The van der Waals surface area contributed by atoms with Gasteiger partial charge < -0.3 is 4.57 Å². The van der Waals surface area contributed by atoms with Crippen LogP contribution in [0.25, 0.3) is 0 Å². The van der Waals surface area contributed by atoms with Gasteiger partial charge in [0.15, 0.2) is 0 Å². The Hall–Kier alpha value is -0.790. The highest BCUT2D eigenvalue weighted by Gasteiger charge is 2.22. The van der Waals surface area contributed by atoms with Crippen molar-refractivity contribution in [1.29, 1.82) is 0 Å². The summed E-state index contributed by atoms with van der Waals surface area (Å²) < 4.78 is 2.38. The Morgan fingerprint density at radius 1 is 1.54 bits per heavy atom. The molecule has 0 spiro atoms. The molecule has 0 aromatic carbocycles. The first kappa shape index (κ1) is 8.79. The lowest BCUT2D eigenvalue weighted by atomic mass is 9.89. The number of imidazole rings is 1. The molecule has 1 aromatic heterocycles. The number of aromatic nitrogens is 2. The van der Waals surface area contributed by atoms with Gasteiger partial charge in [0.2, 0.25) is 0 Å². The summed E-state index contributed by atoms with van der Waals surface area (Å²) in [6.45, 7) is 7.97. The minimum atomic E-state index is 0.801. The molecule has 1 aromatic rings. The molecule has 2 heterocycles. The number of hydrogen-bond donors (Lipinski definition) is 0. The normalized spacial score (nSPS) is 22.0. The smallest absolute Gasteiger partial charge is 0.108 e. The van der Waals surface area contributed by atoms with Crippen LogP contribution in [0.3, 0.4) is 0 Å². The van der Waals surface area contributed by atoms with E-state index in [4.69, 9.17) is 0 Å². The van der Waals surface area contributed by atoms with Crippen LogP contribution in [0.5, 0.6) is 0 Å². The van der Waals surface area contributed by atoms with Crippen molar-refractivity contribution in [3.05, 3.63) is 17.7 Å². The fourth-order valence-corrected chi connectivity index (χ4v) is 2.14. The minimum Gasteiger partial charge on any atom is -0.332 e. The highest BCUT2D eigenvalue weighted by Crippen LogP contribution is 2.26. The molecule has 0 saturated carbocycles. The molecule has 2 nitrogen and oxygen atoms in total. The molecule has 0 saturated heterocycles. The van der Waals surface area contributed by atoms with Crippen LogP contribution < -0.4 is 0 Å². The molecule has 1 atom stereocenters. The van der Waals surface area contributed by atoms with Crippen molar-refractivity contribution in [3.63, 3.8) is 0 Å². The van der Waals surface area contributed by atoms with Crippen LogP contribution in [0.2, 0.25) is 0 Å². The lowest BCUT2D eigenvalue weighted by Crippen LogP contribution is -2.24. The second-order valence-corrected chi connectivity index (χ2v) is 4.47. The van der Waals surface area contributed by atoms with E-state index in [9.17, 15) is 0 Å². The monoisotopic (exact) mass is 178 g/mol. The summed E-state index contributed by atoms with van der Waals surface area (Å²) in [6, 6.07) is 0. The summed E-state index contributed by atoms with van der Waals surface area (Å²) in [5.74, 6) is 2.93. The third-order valence-electron chi connectivity index (χ3n) is 3.24.